The summed E-state index contributed by atoms with van der Waals surface area (Å²) in [5.41, 5.74) is 0. The molecule has 0 unspecified atom stereocenters. The number of hydrogen-bond donors (Lipinski definition) is 1. The summed E-state index contributed by atoms with van der Waals surface area (Å²) in [5.74, 6) is 0. The van der Waals surface area contributed by atoms with Crippen molar-refractivity contribution in [1.82, 2.24) is 0 Å². The van der Waals surface area contributed by atoms with Crippen LogP contribution in [0, 0.1) is 0 Å². The molecule has 0 spiro atoms. The third-order valence-corrected chi connectivity index (χ3v) is 3.22. The zero-order chi connectivity index (χ0) is 13.5. The fourth-order valence-electron chi connectivity index (χ4n) is 2.10. The van der Waals surface area contributed by atoms with E-state index in [-0.39, 0.29) is 45.9 Å². The molecule has 0 fully saturated rings. The van der Waals surface area contributed by atoms with Crippen molar-refractivity contribution in [3.63, 3.8) is 0 Å². The molecule has 0 aromatic carbocycles. The van der Waals surface area contributed by atoms with E-state index in [1.165, 1.54) is 64.2 Å². The standard InChI is InChI=1S/C15H30O3.Al.Mg.H2O.5H/c1-2-3-4-5-6-7-8-9-10-11-12-13-14-18-15(16)17;;;;;;;;/h2-14H2,1H3,(H,16,17);;;1H2;;;;;. The quantitative estimate of drug-likeness (QED) is 0.320. The molecule has 3 N–H and O–H groups in total. The van der Waals surface area contributed by atoms with Crippen LogP contribution in [0.25, 0.3) is 0 Å². The minimum Gasteiger partial charge on any atom is -0.450 e. The smallest absolute Gasteiger partial charge is 0.450 e. The Morgan fingerprint density at radius 1 is 0.810 bits per heavy atom. The first-order valence-electron chi connectivity index (χ1n) is 7.63. The summed E-state index contributed by atoms with van der Waals surface area (Å²) in [6, 6.07) is 0. The lowest BCUT2D eigenvalue weighted by Crippen LogP contribution is -2.01. The first-order chi connectivity index (χ1) is 8.77. The van der Waals surface area contributed by atoms with Crippen LogP contribution in [0.3, 0.4) is 0 Å². The number of carboxylic acid groups (broad SMARTS) is 1. The van der Waals surface area contributed by atoms with Gasteiger partial charge in [0.1, 0.15) is 0 Å². The second kappa shape index (κ2) is 25.5. The molecule has 0 bridgehead atoms. The van der Waals surface area contributed by atoms with E-state index in [1.54, 1.807) is 0 Å². The summed E-state index contributed by atoms with van der Waals surface area (Å²) >= 11 is 0. The molecule has 0 aromatic heterocycles. The van der Waals surface area contributed by atoms with Crippen LogP contribution in [0.4, 0.5) is 4.79 Å². The van der Waals surface area contributed by atoms with Gasteiger partial charge < -0.3 is 15.3 Å². The van der Waals surface area contributed by atoms with Crippen LogP contribution in [0.2, 0.25) is 0 Å². The summed E-state index contributed by atoms with van der Waals surface area (Å²) < 4.78 is 4.45. The molecule has 0 atom stereocenters. The third kappa shape index (κ3) is 29.2. The van der Waals surface area contributed by atoms with Gasteiger partial charge in [-0.1, -0.05) is 77.6 Å². The van der Waals surface area contributed by atoms with E-state index in [1.807, 2.05) is 0 Å². The Kier molecular flexibility index (Phi) is 35.8. The van der Waals surface area contributed by atoms with Crippen molar-refractivity contribution in [3.8, 4) is 0 Å². The molecule has 21 heavy (non-hydrogen) atoms. The maximum atomic E-state index is 10.1. The van der Waals surface area contributed by atoms with Gasteiger partial charge in [0, 0.05) is 0 Å². The summed E-state index contributed by atoms with van der Waals surface area (Å²) in [6.07, 6.45) is 14.3. The molecule has 0 aliphatic heterocycles. The van der Waals surface area contributed by atoms with Gasteiger partial charge in [0.25, 0.3) is 0 Å². The SMILES string of the molecule is CCCCCCCCCCCCCCOC(=O)O.O.[AlH3].[MgH2]. The van der Waals surface area contributed by atoms with Crippen molar-refractivity contribution >= 4 is 46.6 Å². The molecule has 0 radical (unpaired) electrons. The molecule has 0 rings (SSSR count). The summed E-state index contributed by atoms with van der Waals surface area (Å²) in [7, 11) is 0. The van der Waals surface area contributed by atoms with E-state index in [0.29, 0.717) is 6.61 Å². The number of rotatable bonds is 13. The Labute approximate surface area is 157 Å². The van der Waals surface area contributed by atoms with Gasteiger partial charge in [-0.25, -0.2) is 4.79 Å². The van der Waals surface area contributed by atoms with E-state index >= 15 is 0 Å². The topological polar surface area (TPSA) is 78.0 Å². The van der Waals surface area contributed by atoms with E-state index < -0.39 is 6.16 Å². The summed E-state index contributed by atoms with van der Waals surface area (Å²) in [4.78, 5) is 10.1. The molecule has 0 aliphatic carbocycles. The highest BCUT2D eigenvalue weighted by Crippen LogP contribution is 2.11. The molecule has 0 saturated heterocycles. The van der Waals surface area contributed by atoms with Crippen molar-refractivity contribution in [2.45, 2.75) is 84.0 Å². The molecule has 4 nitrogen and oxygen atoms in total. The fourth-order valence-corrected chi connectivity index (χ4v) is 2.10. The first kappa shape index (κ1) is 29.5. The second-order valence-electron chi connectivity index (χ2n) is 5.00. The van der Waals surface area contributed by atoms with Gasteiger partial charge in [-0.15, -0.1) is 0 Å². The van der Waals surface area contributed by atoms with E-state index in [4.69, 9.17) is 5.11 Å². The highest BCUT2D eigenvalue weighted by Gasteiger charge is 1.96. The Morgan fingerprint density at radius 2 is 1.14 bits per heavy atom. The number of unbranched alkanes of at least 4 members (excludes halogenated alkanes) is 11. The summed E-state index contributed by atoms with van der Waals surface area (Å²) in [5, 5.41) is 8.27. The van der Waals surface area contributed by atoms with E-state index in [2.05, 4.69) is 11.7 Å². The lowest BCUT2D eigenvalue weighted by Gasteiger charge is -2.02. The van der Waals surface area contributed by atoms with Gasteiger partial charge in [0.2, 0.25) is 0 Å². The molecular formula is C15H37AlMgO4. The van der Waals surface area contributed by atoms with Crippen LogP contribution in [0.15, 0.2) is 0 Å². The Morgan fingerprint density at radius 3 is 1.48 bits per heavy atom. The van der Waals surface area contributed by atoms with Gasteiger partial charge in [0.05, 0.1) is 6.61 Å². The number of hydrogen-bond acceptors (Lipinski definition) is 2. The zero-order valence-electron chi connectivity index (χ0n) is 12.5. The Bertz CT molecular complexity index is 195. The monoisotopic (exact) mass is 332 g/mol. The van der Waals surface area contributed by atoms with Crippen molar-refractivity contribution in [3.05, 3.63) is 0 Å². The third-order valence-electron chi connectivity index (χ3n) is 3.22. The van der Waals surface area contributed by atoms with Gasteiger partial charge in [0.15, 0.2) is 17.4 Å². The summed E-state index contributed by atoms with van der Waals surface area (Å²) in [6.45, 7) is 2.61. The minimum atomic E-state index is -1.15. The predicted octanol–water partition coefficient (Wildman–Crippen LogP) is 2.46. The largest absolute Gasteiger partial charge is 0.505 e. The fraction of sp³-hybridized carbons (Fsp3) is 0.933. The lowest BCUT2D eigenvalue weighted by molar-refractivity contribution is 0.0899. The Hall–Kier alpha value is 0.529. The van der Waals surface area contributed by atoms with Gasteiger partial charge in [-0.3, -0.25) is 0 Å². The zero-order valence-corrected chi connectivity index (χ0v) is 12.5. The lowest BCUT2D eigenvalue weighted by atomic mass is 10.1. The average molecular weight is 333 g/mol. The molecule has 6 heteroatoms. The second-order valence-corrected chi connectivity index (χ2v) is 5.00. The Balaban J connectivity index is -0.000000482. The highest BCUT2D eigenvalue weighted by molar-refractivity contribution is 5.76. The van der Waals surface area contributed by atoms with Gasteiger partial charge >= 0.3 is 29.2 Å². The molecular weight excluding hydrogens is 295 g/mol. The highest BCUT2D eigenvalue weighted by atomic mass is 27.0. The minimum absolute atomic E-state index is 0. The van der Waals surface area contributed by atoms with Crippen molar-refractivity contribution in [1.29, 1.82) is 0 Å². The maximum absolute atomic E-state index is 10.1. The van der Waals surface area contributed by atoms with Gasteiger partial charge in [-0.05, 0) is 6.42 Å². The van der Waals surface area contributed by atoms with Crippen molar-refractivity contribution in [2.75, 3.05) is 6.61 Å². The molecule has 0 amide bonds. The van der Waals surface area contributed by atoms with Crippen LogP contribution in [0.1, 0.15) is 84.0 Å². The number of ether oxygens (including phenoxy) is 1. The molecule has 0 aromatic rings. The van der Waals surface area contributed by atoms with Crippen LogP contribution < -0.4 is 0 Å². The van der Waals surface area contributed by atoms with E-state index in [0.717, 1.165) is 12.8 Å². The molecule has 0 saturated carbocycles. The van der Waals surface area contributed by atoms with E-state index in [9.17, 15) is 4.79 Å². The van der Waals surface area contributed by atoms with Crippen LogP contribution in [0.5, 0.6) is 0 Å². The molecule has 0 aliphatic rings. The van der Waals surface area contributed by atoms with Crippen molar-refractivity contribution < 1.29 is 20.1 Å². The predicted molar refractivity (Wildman–Crippen MR) is 97.2 cm³/mol. The number of carbonyl (C=O) groups is 1. The van der Waals surface area contributed by atoms with Crippen LogP contribution in [-0.4, -0.2) is 63.8 Å². The van der Waals surface area contributed by atoms with Gasteiger partial charge in [-0.2, -0.15) is 0 Å². The first-order valence-corrected chi connectivity index (χ1v) is 7.63. The van der Waals surface area contributed by atoms with Crippen LogP contribution >= 0.6 is 0 Å². The normalized spacial score (nSPS) is 9.00. The maximum Gasteiger partial charge on any atom is 0.505 e. The van der Waals surface area contributed by atoms with Crippen LogP contribution in [-0.2, 0) is 4.74 Å². The molecule has 0 heterocycles. The van der Waals surface area contributed by atoms with Crippen molar-refractivity contribution in [2.24, 2.45) is 0 Å². The molecule has 126 valence electrons. The average Bonchev–Trinajstić information content (AvgIpc) is 2.34.